The van der Waals surface area contributed by atoms with Gasteiger partial charge in [0.25, 0.3) is 5.91 Å². The van der Waals surface area contributed by atoms with Gasteiger partial charge in [0, 0.05) is 39.7 Å². The molecule has 2 aromatic carbocycles. The van der Waals surface area contributed by atoms with E-state index in [-0.39, 0.29) is 5.91 Å². The van der Waals surface area contributed by atoms with Gasteiger partial charge >= 0.3 is 0 Å². The standard InChI is InChI=1S/C26H25ClN4O/c1-17-10-11-18(2)30(17)23-12-13-24(25(27)15-23)26(32)29-28-16-21-14-19(3)31(20(21)4)22-8-6-5-7-9-22/h5-16H,1-4H3,(H,29,32)/b28-16-. The summed E-state index contributed by atoms with van der Waals surface area (Å²) in [5.74, 6) is -0.351. The highest BCUT2D eigenvalue weighted by Crippen LogP contribution is 2.23. The second kappa shape index (κ2) is 8.89. The monoisotopic (exact) mass is 444 g/mol. The average Bonchev–Trinajstić information content (AvgIpc) is 3.25. The fourth-order valence-corrected chi connectivity index (χ4v) is 4.28. The van der Waals surface area contributed by atoms with Crippen LogP contribution in [0.15, 0.2) is 71.8 Å². The van der Waals surface area contributed by atoms with Crippen LogP contribution in [0.25, 0.3) is 11.4 Å². The van der Waals surface area contributed by atoms with Crippen molar-refractivity contribution < 1.29 is 4.79 Å². The first kappa shape index (κ1) is 21.7. The van der Waals surface area contributed by atoms with Crippen LogP contribution in [-0.4, -0.2) is 21.3 Å². The van der Waals surface area contributed by atoms with E-state index < -0.39 is 0 Å². The van der Waals surface area contributed by atoms with E-state index in [0.29, 0.717) is 10.6 Å². The van der Waals surface area contributed by atoms with Crippen LogP contribution in [0, 0.1) is 27.7 Å². The van der Waals surface area contributed by atoms with Crippen molar-refractivity contribution in [2.24, 2.45) is 5.10 Å². The number of aryl methyl sites for hydroxylation is 3. The molecule has 0 saturated carbocycles. The number of nitrogens with one attached hydrogen (secondary N) is 1. The Balaban J connectivity index is 1.51. The third-order valence-corrected chi connectivity index (χ3v) is 5.89. The lowest BCUT2D eigenvalue weighted by Crippen LogP contribution is -2.18. The third kappa shape index (κ3) is 4.12. The summed E-state index contributed by atoms with van der Waals surface area (Å²) in [5, 5.41) is 4.55. The fraction of sp³-hybridized carbons (Fsp3) is 0.154. The first-order chi connectivity index (χ1) is 15.4. The van der Waals surface area contributed by atoms with Gasteiger partial charge in [-0.1, -0.05) is 29.8 Å². The number of hydrazone groups is 1. The smallest absolute Gasteiger partial charge is 0.272 e. The van der Waals surface area contributed by atoms with Gasteiger partial charge in [-0.25, -0.2) is 5.43 Å². The molecule has 0 saturated heterocycles. The molecule has 6 heteroatoms. The number of nitrogens with zero attached hydrogens (tertiary/aromatic N) is 3. The van der Waals surface area contributed by atoms with Crippen LogP contribution in [0.3, 0.4) is 0 Å². The molecule has 0 fully saturated rings. The molecule has 0 aliphatic heterocycles. The summed E-state index contributed by atoms with van der Waals surface area (Å²) in [6.45, 7) is 8.14. The molecule has 0 aliphatic rings. The number of hydrogen-bond donors (Lipinski definition) is 1. The molecule has 2 heterocycles. The summed E-state index contributed by atoms with van der Waals surface area (Å²) >= 11 is 6.43. The highest BCUT2D eigenvalue weighted by Gasteiger charge is 2.13. The van der Waals surface area contributed by atoms with Crippen LogP contribution in [0.5, 0.6) is 0 Å². The number of carbonyl (C=O) groups is 1. The molecule has 2 aromatic heterocycles. The van der Waals surface area contributed by atoms with Crippen molar-refractivity contribution in [1.29, 1.82) is 0 Å². The quantitative estimate of drug-likeness (QED) is 0.301. The molecule has 0 aliphatic carbocycles. The number of amides is 1. The molecule has 4 rings (SSSR count). The average molecular weight is 445 g/mol. The molecule has 0 spiro atoms. The Morgan fingerprint density at radius 1 is 0.844 bits per heavy atom. The van der Waals surface area contributed by atoms with Crippen molar-refractivity contribution in [2.45, 2.75) is 27.7 Å². The summed E-state index contributed by atoms with van der Waals surface area (Å²) < 4.78 is 4.25. The topological polar surface area (TPSA) is 51.3 Å². The molecule has 1 amide bonds. The van der Waals surface area contributed by atoms with Crippen LogP contribution in [-0.2, 0) is 0 Å². The summed E-state index contributed by atoms with van der Waals surface area (Å²) in [5.41, 5.74) is 10.3. The van der Waals surface area contributed by atoms with Gasteiger partial charge in [0.1, 0.15) is 0 Å². The number of benzene rings is 2. The maximum atomic E-state index is 12.6. The van der Waals surface area contributed by atoms with Crippen LogP contribution in [0.2, 0.25) is 5.02 Å². The van der Waals surface area contributed by atoms with E-state index in [0.717, 1.165) is 39.7 Å². The number of para-hydroxylation sites is 1. The summed E-state index contributed by atoms with van der Waals surface area (Å²) in [7, 11) is 0. The predicted molar refractivity (Wildman–Crippen MR) is 131 cm³/mol. The van der Waals surface area contributed by atoms with E-state index >= 15 is 0 Å². The van der Waals surface area contributed by atoms with Gasteiger partial charge in [0.05, 0.1) is 16.8 Å². The highest BCUT2D eigenvalue weighted by atomic mass is 35.5. The van der Waals surface area contributed by atoms with Crippen molar-refractivity contribution in [3.63, 3.8) is 0 Å². The fourth-order valence-electron chi connectivity index (χ4n) is 4.02. The lowest BCUT2D eigenvalue weighted by Gasteiger charge is -2.11. The number of hydrogen-bond acceptors (Lipinski definition) is 2. The van der Waals surface area contributed by atoms with E-state index in [4.69, 9.17) is 11.6 Å². The molecule has 0 atom stereocenters. The van der Waals surface area contributed by atoms with E-state index in [2.05, 4.69) is 31.8 Å². The molecule has 1 N–H and O–H groups in total. The maximum absolute atomic E-state index is 12.6. The Morgan fingerprint density at radius 3 is 2.19 bits per heavy atom. The van der Waals surface area contributed by atoms with Gasteiger partial charge in [-0.05, 0) is 76.2 Å². The van der Waals surface area contributed by atoms with Crippen molar-refractivity contribution in [2.75, 3.05) is 0 Å². The molecular weight excluding hydrogens is 420 g/mol. The normalized spacial score (nSPS) is 11.3. The number of aromatic nitrogens is 2. The van der Waals surface area contributed by atoms with Crippen molar-refractivity contribution in [3.05, 3.63) is 106 Å². The molecule has 0 bridgehead atoms. The molecule has 4 aromatic rings. The van der Waals surface area contributed by atoms with Crippen LogP contribution in [0.1, 0.15) is 38.7 Å². The van der Waals surface area contributed by atoms with Gasteiger partial charge in [-0.2, -0.15) is 5.10 Å². The minimum absolute atomic E-state index is 0.351. The minimum Gasteiger partial charge on any atom is -0.318 e. The van der Waals surface area contributed by atoms with E-state index in [1.165, 1.54) is 0 Å². The Hall–Kier alpha value is -3.57. The minimum atomic E-state index is -0.351. The SMILES string of the molecule is Cc1ccc(C)n1-c1ccc(C(=O)N/N=C\c2cc(C)n(-c3ccccc3)c2C)c(Cl)c1. The van der Waals surface area contributed by atoms with Gasteiger partial charge < -0.3 is 9.13 Å². The lowest BCUT2D eigenvalue weighted by molar-refractivity contribution is 0.0955. The largest absolute Gasteiger partial charge is 0.318 e. The Labute approximate surface area is 193 Å². The Kier molecular flexibility index (Phi) is 6.01. The van der Waals surface area contributed by atoms with Crippen LogP contribution < -0.4 is 5.43 Å². The van der Waals surface area contributed by atoms with E-state index in [1.807, 2.05) is 70.2 Å². The van der Waals surface area contributed by atoms with Crippen LogP contribution in [0.4, 0.5) is 0 Å². The van der Waals surface area contributed by atoms with Gasteiger partial charge in [-0.15, -0.1) is 0 Å². The first-order valence-electron chi connectivity index (χ1n) is 10.4. The molecule has 162 valence electrons. The van der Waals surface area contributed by atoms with Gasteiger partial charge in [0.15, 0.2) is 0 Å². The second-order valence-corrected chi connectivity index (χ2v) is 8.22. The lowest BCUT2D eigenvalue weighted by atomic mass is 10.2. The van der Waals surface area contributed by atoms with Gasteiger partial charge in [-0.3, -0.25) is 4.79 Å². The molecule has 32 heavy (non-hydrogen) atoms. The van der Waals surface area contributed by atoms with Gasteiger partial charge in [0.2, 0.25) is 0 Å². The third-order valence-electron chi connectivity index (χ3n) is 5.58. The molecular formula is C26H25ClN4O. The second-order valence-electron chi connectivity index (χ2n) is 7.81. The summed E-state index contributed by atoms with van der Waals surface area (Å²) in [6, 6.07) is 21.7. The number of rotatable bonds is 5. The van der Waals surface area contributed by atoms with Crippen molar-refractivity contribution >= 4 is 23.7 Å². The van der Waals surface area contributed by atoms with Crippen molar-refractivity contribution in [3.8, 4) is 11.4 Å². The zero-order chi connectivity index (χ0) is 22.8. The Morgan fingerprint density at radius 2 is 1.53 bits per heavy atom. The summed E-state index contributed by atoms with van der Waals surface area (Å²) in [6.07, 6.45) is 1.66. The number of carbonyl (C=O) groups excluding carboxylic acids is 1. The van der Waals surface area contributed by atoms with E-state index in [1.54, 1.807) is 18.3 Å². The highest BCUT2D eigenvalue weighted by molar-refractivity contribution is 6.34. The first-order valence-corrected chi connectivity index (χ1v) is 10.8. The maximum Gasteiger partial charge on any atom is 0.272 e. The Bertz CT molecular complexity index is 1300. The van der Waals surface area contributed by atoms with Crippen LogP contribution >= 0.6 is 11.6 Å². The molecule has 5 nitrogen and oxygen atoms in total. The summed E-state index contributed by atoms with van der Waals surface area (Å²) in [4.78, 5) is 12.6. The zero-order valence-electron chi connectivity index (χ0n) is 18.6. The van der Waals surface area contributed by atoms with E-state index in [9.17, 15) is 4.79 Å². The predicted octanol–water partition coefficient (Wildman–Crippen LogP) is 5.92. The zero-order valence-corrected chi connectivity index (χ0v) is 19.3. The molecule has 0 radical (unpaired) electrons. The van der Waals surface area contributed by atoms with Crippen molar-refractivity contribution in [1.82, 2.24) is 14.6 Å². The molecule has 0 unspecified atom stereocenters. The number of halogens is 1.